The summed E-state index contributed by atoms with van der Waals surface area (Å²) >= 11 is 0. The van der Waals surface area contributed by atoms with Gasteiger partial charge in [-0.3, -0.25) is 0 Å². The van der Waals surface area contributed by atoms with Crippen LogP contribution in [0.1, 0.15) is 33.6 Å². The van der Waals surface area contributed by atoms with Crippen LogP contribution in [0, 0.1) is 0 Å². The predicted octanol–water partition coefficient (Wildman–Crippen LogP) is 1.57. The molecular weight excluding hydrogens is 178 g/mol. The number of hydrogen-bond donors (Lipinski definition) is 1. The molecule has 1 saturated heterocycles. The second-order valence-corrected chi connectivity index (χ2v) is 4.33. The van der Waals surface area contributed by atoms with Crippen molar-refractivity contribution in [3.8, 4) is 0 Å². The summed E-state index contributed by atoms with van der Waals surface area (Å²) in [6.07, 6.45) is 3.10. The minimum absolute atomic E-state index is 0.337. The maximum absolute atomic E-state index is 5.64. The van der Waals surface area contributed by atoms with Gasteiger partial charge in [0, 0.05) is 12.6 Å². The van der Waals surface area contributed by atoms with Crippen molar-refractivity contribution in [2.75, 3.05) is 19.8 Å². The number of rotatable bonds is 6. The molecule has 0 aromatic heterocycles. The summed E-state index contributed by atoms with van der Waals surface area (Å²) < 4.78 is 11.2. The summed E-state index contributed by atoms with van der Waals surface area (Å²) in [6.45, 7) is 8.88. The molecule has 0 aromatic rings. The normalized spacial score (nSPS) is 27.4. The lowest BCUT2D eigenvalue weighted by atomic mass is 10.2. The highest BCUT2D eigenvalue weighted by Crippen LogP contribution is 2.18. The average Bonchev–Trinajstić information content (AvgIpc) is 2.50. The van der Waals surface area contributed by atoms with Gasteiger partial charge in [0.15, 0.2) is 0 Å². The van der Waals surface area contributed by atoms with E-state index in [4.69, 9.17) is 9.47 Å². The Morgan fingerprint density at radius 1 is 1.43 bits per heavy atom. The van der Waals surface area contributed by atoms with Crippen molar-refractivity contribution in [2.45, 2.75) is 51.9 Å². The molecule has 3 nitrogen and oxygen atoms in total. The Morgan fingerprint density at radius 3 is 2.79 bits per heavy atom. The van der Waals surface area contributed by atoms with Gasteiger partial charge in [-0.15, -0.1) is 0 Å². The van der Waals surface area contributed by atoms with E-state index in [2.05, 4.69) is 26.1 Å². The van der Waals surface area contributed by atoms with Gasteiger partial charge in [-0.25, -0.2) is 0 Å². The summed E-state index contributed by atoms with van der Waals surface area (Å²) in [4.78, 5) is 0. The first kappa shape index (κ1) is 12.0. The van der Waals surface area contributed by atoms with Crippen molar-refractivity contribution in [2.24, 2.45) is 0 Å². The first-order chi connectivity index (χ1) is 6.68. The van der Waals surface area contributed by atoms with Gasteiger partial charge < -0.3 is 14.8 Å². The zero-order valence-corrected chi connectivity index (χ0v) is 9.58. The summed E-state index contributed by atoms with van der Waals surface area (Å²) in [7, 11) is 0. The van der Waals surface area contributed by atoms with Gasteiger partial charge in [0.1, 0.15) is 0 Å². The van der Waals surface area contributed by atoms with Crippen molar-refractivity contribution < 1.29 is 9.47 Å². The fourth-order valence-corrected chi connectivity index (χ4v) is 1.64. The van der Waals surface area contributed by atoms with Crippen LogP contribution in [-0.2, 0) is 9.47 Å². The molecule has 0 radical (unpaired) electrons. The molecule has 1 N–H and O–H groups in total. The second kappa shape index (κ2) is 6.38. The number of hydrogen-bond acceptors (Lipinski definition) is 3. The van der Waals surface area contributed by atoms with Gasteiger partial charge in [-0.1, -0.05) is 13.8 Å². The molecule has 2 atom stereocenters. The highest BCUT2D eigenvalue weighted by Gasteiger charge is 2.21. The smallest absolute Gasteiger partial charge is 0.0813 e. The van der Waals surface area contributed by atoms with Crippen LogP contribution in [-0.4, -0.2) is 38.0 Å². The molecule has 0 spiro atoms. The highest BCUT2D eigenvalue weighted by molar-refractivity contribution is 4.69. The fourth-order valence-electron chi connectivity index (χ4n) is 1.64. The monoisotopic (exact) mass is 201 g/mol. The van der Waals surface area contributed by atoms with E-state index in [-0.39, 0.29) is 0 Å². The molecule has 2 unspecified atom stereocenters. The molecule has 0 saturated carbocycles. The van der Waals surface area contributed by atoms with Crippen molar-refractivity contribution in [3.63, 3.8) is 0 Å². The Bertz CT molecular complexity index is 150. The molecule has 0 aromatic carbocycles. The minimum atomic E-state index is 0.337. The van der Waals surface area contributed by atoms with E-state index in [1.807, 2.05) is 0 Å². The first-order valence-electron chi connectivity index (χ1n) is 5.65. The summed E-state index contributed by atoms with van der Waals surface area (Å²) in [6, 6.07) is 0.543. The maximum Gasteiger partial charge on any atom is 0.0813 e. The molecule has 0 amide bonds. The van der Waals surface area contributed by atoms with Crippen LogP contribution < -0.4 is 5.32 Å². The molecule has 1 aliphatic heterocycles. The van der Waals surface area contributed by atoms with Gasteiger partial charge in [0.05, 0.1) is 25.4 Å². The van der Waals surface area contributed by atoms with Crippen LogP contribution in [0.4, 0.5) is 0 Å². The molecule has 1 aliphatic rings. The van der Waals surface area contributed by atoms with E-state index in [9.17, 15) is 0 Å². The van der Waals surface area contributed by atoms with Crippen molar-refractivity contribution >= 4 is 0 Å². The second-order valence-electron chi connectivity index (χ2n) is 4.33. The molecule has 3 heteroatoms. The van der Waals surface area contributed by atoms with Crippen LogP contribution in [0.5, 0.6) is 0 Å². The molecule has 84 valence electrons. The van der Waals surface area contributed by atoms with E-state index in [1.165, 1.54) is 6.42 Å². The van der Waals surface area contributed by atoms with Crippen molar-refractivity contribution in [3.05, 3.63) is 0 Å². The third-order valence-electron chi connectivity index (χ3n) is 2.42. The zero-order valence-electron chi connectivity index (χ0n) is 9.58. The van der Waals surface area contributed by atoms with E-state index in [0.717, 1.165) is 26.2 Å². The Kier molecular flexibility index (Phi) is 5.45. The topological polar surface area (TPSA) is 30.5 Å². The van der Waals surface area contributed by atoms with Gasteiger partial charge in [0.25, 0.3) is 0 Å². The lowest BCUT2D eigenvalue weighted by Crippen LogP contribution is -2.28. The Labute approximate surface area is 87.2 Å². The van der Waals surface area contributed by atoms with Crippen molar-refractivity contribution in [1.29, 1.82) is 0 Å². The van der Waals surface area contributed by atoms with E-state index >= 15 is 0 Å². The third kappa shape index (κ3) is 4.94. The lowest BCUT2D eigenvalue weighted by molar-refractivity contribution is -0.00848. The van der Waals surface area contributed by atoms with E-state index in [1.54, 1.807) is 0 Å². The van der Waals surface area contributed by atoms with Crippen LogP contribution in [0.3, 0.4) is 0 Å². The third-order valence-corrected chi connectivity index (χ3v) is 2.42. The maximum atomic E-state index is 5.64. The Balaban J connectivity index is 1.89. The van der Waals surface area contributed by atoms with Crippen LogP contribution in [0.25, 0.3) is 0 Å². The molecular formula is C11H23NO2. The number of ether oxygens (including phenoxy) is 2. The van der Waals surface area contributed by atoms with Gasteiger partial charge in [-0.2, -0.15) is 0 Å². The highest BCUT2D eigenvalue weighted by atomic mass is 16.5. The van der Waals surface area contributed by atoms with Crippen LogP contribution in [0.2, 0.25) is 0 Å². The van der Waals surface area contributed by atoms with Crippen LogP contribution >= 0.6 is 0 Å². The Hall–Kier alpha value is -0.120. The fraction of sp³-hybridized carbons (Fsp3) is 1.00. The SMILES string of the molecule is CC(C)NCCOCC1CCC(C)O1. The minimum Gasteiger partial charge on any atom is -0.377 e. The van der Waals surface area contributed by atoms with Gasteiger partial charge >= 0.3 is 0 Å². The molecule has 1 rings (SSSR count). The quantitative estimate of drug-likeness (QED) is 0.662. The summed E-state index contributed by atoms with van der Waals surface area (Å²) in [5.74, 6) is 0. The average molecular weight is 201 g/mol. The van der Waals surface area contributed by atoms with E-state index < -0.39 is 0 Å². The van der Waals surface area contributed by atoms with Gasteiger partial charge in [-0.05, 0) is 19.8 Å². The van der Waals surface area contributed by atoms with Gasteiger partial charge in [0.2, 0.25) is 0 Å². The molecule has 14 heavy (non-hydrogen) atoms. The van der Waals surface area contributed by atoms with E-state index in [0.29, 0.717) is 18.2 Å². The first-order valence-corrected chi connectivity index (χ1v) is 5.65. The summed E-state index contributed by atoms with van der Waals surface area (Å²) in [5.41, 5.74) is 0. The van der Waals surface area contributed by atoms with Crippen molar-refractivity contribution in [1.82, 2.24) is 5.32 Å². The van der Waals surface area contributed by atoms with Crippen LogP contribution in [0.15, 0.2) is 0 Å². The standard InChI is InChI=1S/C11H23NO2/c1-9(2)12-6-7-13-8-11-5-4-10(3)14-11/h9-12H,4-8H2,1-3H3. The molecule has 0 aliphatic carbocycles. The summed E-state index contributed by atoms with van der Waals surface area (Å²) in [5, 5.41) is 3.31. The largest absolute Gasteiger partial charge is 0.377 e. The lowest BCUT2D eigenvalue weighted by Gasteiger charge is -2.12. The molecule has 1 heterocycles. The predicted molar refractivity (Wildman–Crippen MR) is 57.5 cm³/mol. The Morgan fingerprint density at radius 2 is 2.21 bits per heavy atom. The molecule has 0 bridgehead atoms. The zero-order chi connectivity index (χ0) is 10.4. The molecule has 1 fully saturated rings. The number of nitrogens with one attached hydrogen (secondary N) is 1.